The van der Waals surface area contributed by atoms with E-state index in [0.717, 1.165) is 17.8 Å². The van der Waals surface area contributed by atoms with Crippen LogP contribution in [-0.4, -0.2) is 0 Å². The molecule has 0 saturated carbocycles. The first-order chi connectivity index (χ1) is 13.3. The Balaban J connectivity index is 1.80. The SMILES string of the molecule is CCCCC(CCCc1ccccc1)C1=CCC(CCC(CC)CC)CC1. The lowest BCUT2D eigenvalue weighted by Gasteiger charge is -2.28. The van der Waals surface area contributed by atoms with E-state index in [4.69, 9.17) is 0 Å². The van der Waals surface area contributed by atoms with Gasteiger partial charge in [-0.2, -0.15) is 0 Å². The molecule has 1 aromatic carbocycles. The summed E-state index contributed by atoms with van der Waals surface area (Å²) in [5.41, 5.74) is 3.32. The van der Waals surface area contributed by atoms with Crippen LogP contribution in [0.3, 0.4) is 0 Å². The fourth-order valence-electron chi connectivity index (χ4n) is 4.87. The number of aryl methyl sites for hydroxylation is 1. The van der Waals surface area contributed by atoms with Crippen LogP contribution < -0.4 is 0 Å². The molecule has 0 aliphatic heterocycles. The van der Waals surface area contributed by atoms with E-state index in [2.05, 4.69) is 57.2 Å². The van der Waals surface area contributed by atoms with Crippen LogP contribution in [-0.2, 0) is 6.42 Å². The van der Waals surface area contributed by atoms with Gasteiger partial charge in [-0.1, -0.05) is 94.9 Å². The molecule has 0 nitrogen and oxygen atoms in total. The van der Waals surface area contributed by atoms with Crippen molar-refractivity contribution in [1.29, 1.82) is 0 Å². The zero-order valence-electron chi connectivity index (χ0n) is 18.4. The number of rotatable bonds is 13. The Morgan fingerprint density at radius 1 is 0.926 bits per heavy atom. The van der Waals surface area contributed by atoms with Crippen molar-refractivity contribution in [3.8, 4) is 0 Å². The van der Waals surface area contributed by atoms with Gasteiger partial charge < -0.3 is 0 Å². The van der Waals surface area contributed by atoms with Crippen molar-refractivity contribution in [2.24, 2.45) is 17.8 Å². The highest BCUT2D eigenvalue weighted by Crippen LogP contribution is 2.36. The molecule has 0 fully saturated rings. The van der Waals surface area contributed by atoms with E-state index in [1.807, 2.05) is 5.57 Å². The Morgan fingerprint density at radius 2 is 1.67 bits per heavy atom. The van der Waals surface area contributed by atoms with Gasteiger partial charge in [-0.05, 0) is 74.7 Å². The van der Waals surface area contributed by atoms with Gasteiger partial charge in [-0.15, -0.1) is 0 Å². The van der Waals surface area contributed by atoms with Gasteiger partial charge in [0.25, 0.3) is 0 Å². The van der Waals surface area contributed by atoms with E-state index in [-0.39, 0.29) is 0 Å². The molecule has 0 N–H and O–H groups in total. The normalized spacial score (nSPS) is 18.5. The largest absolute Gasteiger partial charge is 0.0848 e. The summed E-state index contributed by atoms with van der Waals surface area (Å²) in [4.78, 5) is 0. The molecule has 0 aromatic heterocycles. The smallest absolute Gasteiger partial charge is 0.0203 e. The van der Waals surface area contributed by atoms with Crippen LogP contribution in [0, 0.1) is 17.8 Å². The summed E-state index contributed by atoms with van der Waals surface area (Å²) in [7, 11) is 0. The lowest BCUT2D eigenvalue weighted by molar-refractivity contribution is 0.344. The van der Waals surface area contributed by atoms with Gasteiger partial charge in [0.05, 0.1) is 0 Å². The average molecular weight is 369 g/mol. The number of allylic oxidation sites excluding steroid dienone is 2. The second-order valence-electron chi connectivity index (χ2n) is 8.90. The second kappa shape index (κ2) is 13.2. The molecule has 27 heavy (non-hydrogen) atoms. The van der Waals surface area contributed by atoms with Gasteiger partial charge in [0.15, 0.2) is 0 Å². The molecule has 0 heterocycles. The third-order valence-electron chi connectivity index (χ3n) is 6.98. The fourth-order valence-corrected chi connectivity index (χ4v) is 4.87. The highest BCUT2D eigenvalue weighted by molar-refractivity contribution is 5.15. The van der Waals surface area contributed by atoms with Crippen molar-refractivity contribution in [1.82, 2.24) is 0 Å². The van der Waals surface area contributed by atoms with E-state index in [1.165, 1.54) is 89.0 Å². The lowest BCUT2D eigenvalue weighted by atomic mass is 9.78. The van der Waals surface area contributed by atoms with Crippen LogP contribution in [0.1, 0.15) is 103 Å². The van der Waals surface area contributed by atoms with Crippen molar-refractivity contribution in [3.63, 3.8) is 0 Å². The Hall–Kier alpha value is -1.04. The molecule has 0 bridgehead atoms. The van der Waals surface area contributed by atoms with Gasteiger partial charge in [-0.25, -0.2) is 0 Å². The Bertz CT molecular complexity index is 508. The summed E-state index contributed by atoms with van der Waals surface area (Å²) in [6.45, 7) is 7.06. The molecule has 0 amide bonds. The second-order valence-corrected chi connectivity index (χ2v) is 8.90. The number of benzene rings is 1. The van der Waals surface area contributed by atoms with E-state index in [1.54, 1.807) is 0 Å². The predicted molar refractivity (Wildman–Crippen MR) is 121 cm³/mol. The molecule has 2 atom stereocenters. The maximum atomic E-state index is 2.67. The molecule has 2 rings (SSSR count). The first-order valence-electron chi connectivity index (χ1n) is 12.0. The minimum atomic E-state index is 0.855. The maximum Gasteiger partial charge on any atom is -0.0203 e. The molecular weight excluding hydrogens is 324 g/mol. The molecule has 152 valence electrons. The highest BCUT2D eigenvalue weighted by Gasteiger charge is 2.21. The highest BCUT2D eigenvalue weighted by atomic mass is 14.3. The van der Waals surface area contributed by atoms with Gasteiger partial charge in [0.2, 0.25) is 0 Å². The molecule has 1 aromatic rings. The van der Waals surface area contributed by atoms with Crippen LogP contribution in [0.5, 0.6) is 0 Å². The summed E-state index contributed by atoms with van der Waals surface area (Å²) >= 11 is 0. The zero-order valence-corrected chi connectivity index (χ0v) is 18.4. The molecule has 1 aliphatic carbocycles. The zero-order chi connectivity index (χ0) is 19.3. The molecule has 1 aliphatic rings. The Morgan fingerprint density at radius 3 is 2.30 bits per heavy atom. The van der Waals surface area contributed by atoms with Gasteiger partial charge in [0, 0.05) is 0 Å². The predicted octanol–water partition coefficient (Wildman–Crippen LogP) is 8.76. The quantitative estimate of drug-likeness (QED) is 0.305. The standard InChI is InChI=1S/C27H44/c1-4-7-15-26(16-11-14-24-12-9-8-10-13-24)27-21-19-25(20-22-27)18-17-23(5-2)6-3/h8-10,12-13,21,23,25-26H,4-7,11,14-20,22H2,1-3H3. The van der Waals surface area contributed by atoms with Crippen molar-refractivity contribution in [2.75, 3.05) is 0 Å². The fraction of sp³-hybridized carbons (Fsp3) is 0.704. The molecular formula is C27H44. The summed E-state index contributed by atoms with van der Waals surface area (Å²) < 4.78 is 0. The van der Waals surface area contributed by atoms with E-state index in [9.17, 15) is 0 Å². The Kier molecular flexibility index (Phi) is 10.9. The first-order valence-corrected chi connectivity index (χ1v) is 12.0. The Labute approximate surface area is 169 Å². The number of hydrogen-bond donors (Lipinski definition) is 0. The van der Waals surface area contributed by atoms with E-state index >= 15 is 0 Å². The molecule has 0 heteroatoms. The topological polar surface area (TPSA) is 0 Å². The number of unbranched alkanes of at least 4 members (excludes halogenated alkanes) is 1. The van der Waals surface area contributed by atoms with Crippen molar-refractivity contribution in [3.05, 3.63) is 47.5 Å². The van der Waals surface area contributed by atoms with Crippen LogP contribution in [0.4, 0.5) is 0 Å². The van der Waals surface area contributed by atoms with Crippen LogP contribution in [0.2, 0.25) is 0 Å². The van der Waals surface area contributed by atoms with Gasteiger partial charge >= 0.3 is 0 Å². The first kappa shape index (κ1) is 22.3. The van der Waals surface area contributed by atoms with E-state index in [0.29, 0.717) is 0 Å². The van der Waals surface area contributed by atoms with Crippen LogP contribution in [0.15, 0.2) is 42.0 Å². The molecule has 0 radical (unpaired) electrons. The van der Waals surface area contributed by atoms with Crippen LogP contribution >= 0.6 is 0 Å². The molecule has 2 unspecified atom stereocenters. The average Bonchev–Trinajstić information content (AvgIpc) is 2.72. The lowest BCUT2D eigenvalue weighted by Crippen LogP contribution is -2.13. The molecule has 0 saturated heterocycles. The maximum absolute atomic E-state index is 2.67. The summed E-state index contributed by atoms with van der Waals surface area (Å²) in [5.74, 6) is 2.78. The van der Waals surface area contributed by atoms with Crippen molar-refractivity contribution in [2.45, 2.75) is 104 Å². The van der Waals surface area contributed by atoms with E-state index < -0.39 is 0 Å². The monoisotopic (exact) mass is 368 g/mol. The van der Waals surface area contributed by atoms with Gasteiger partial charge in [-0.3, -0.25) is 0 Å². The van der Waals surface area contributed by atoms with Crippen molar-refractivity contribution < 1.29 is 0 Å². The van der Waals surface area contributed by atoms with Crippen molar-refractivity contribution >= 4 is 0 Å². The number of hydrogen-bond acceptors (Lipinski definition) is 0. The summed E-state index contributed by atoms with van der Waals surface area (Å²) in [6, 6.07) is 11.0. The molecule has 0 spiro atoms. The van der Waals surface area contributed by atoms with Gasteiger partial charge in [0.1, 0.15) is 0 Å². The summed E-state index contributed by atoms with van der Waals surface area (Å²) in [6.07, 6.45) is 20.6. The minimum Gasteiger partial charge on any atom is -0.0848 e. The third-order valence-corrected chi connectivity index (χ3v) is 6.98. The van der Waals surface area contributed by atoms with Crippen LogP contribution in [0.25, 0.3) is 0 Å². The minimum absolute atomic E-state index is 0.855. The summed E-state index contributed by atoms with van der Waals surface area (Å²) in [5, 5.41) is 0. The third kappa shape index (κ3) is 8.24.